The van der Waals surface area contributed by atoms with Crippen LogP contribution in [0.3, 0.4) is 0 Å². The molecule has 0 aliphatic rings. The van der Waals surface area contributed by atoms with Crippen LogP contribution in [0.4, 0.5) is 0 Å². The highest BCUT2D eigenvalue weighted by Gasteiger charge is 2.31. The third kappa shape index (κ3) is 7.18. The molecule has 0 radical (unpaired) electrons. The van der Waals surface area contributed by atoms with Gasteiger partial charge in [-0.15, -0.1) is 37.2 Å². The molecule has 0 aliphatic heterocycles. The Labute approximate surface area is 198 Å². The zero-order chi connectivity index (χ0) is 18.8. The molecular formula is C18H20Cl6N2O2. The van der Waals surface area contributed by atoms with Gasteiger partial charge in [0.2, 0.25) is 0 Å². The molecule has 28 heavy (non-hydrogen) atoms. The van der Waals surface area contributed by atoms with Crippen LogP contribution in [0.1, 0.15) is 41.5 Å². The summed E-state index contributed by atoms with van der Waals surface area (Å²) >= 11 is 18.1. The highest BCUT2D eigenvalue weighted by atomic mass is 35.5. The molecule has 2 aromatic rings. The number of nitrogens with zero attached hydrogens (tertiary/aromatic N) is 1. The van der Waals surface area contributed by atoms with Gasteiger partial charge in [0.1, 0.15) is 0 Å². The minimum Gasteiger partial charge on any atom is -0.267 e. The highest BCUT2D eigenvalue weighted by molar-refractivity contribution is 6.37. The van der Waals surface area contributed by atoms with Crippen molar-refractivity contribution in [2.45, 2.75) is 26.3 Å². The van der Waals surface area contributed by atoms with E-state index >= 15 is 0 Å². The summed E-state index contributed by atoms with van der Waals surface area (Å²) in [6, 6.07) is 11.2. The molecule has 0 atom stereocenters. The Bertz CT molecular complexity index is 824. The minimum atomic E-state index is -0.697. The number of hydrogen-bond acceptors (Lipinski definition) is 2. The van der Waals surface area contributed by atoms with Crippen LogP contribution in [-0.2, 0) is 0 Å². The monoisotopic (exact) mass is 506 g/mol. The molecule has 1 N–H and O–H groups in total. The van der Waals surface area contributed by atoms with Crippen molar-refractivity contribution >= 4 is 83.8 Å². The summed E-state index contributed by atoms with van der Waals surface area (Å²) in [6.07, 6.45) is 0. The average molecular weight is 509 g/mol. The molecular weight excluding hydrogens is 489 g/mol. The molecule has 0 saturated carbocycles. The lowest BCUT2D eigenvalue weighted by molar-refractivity contribution is 0.0359. The summed E-state index contributed by atoms with van der Waals surface area (Å²) in [5, 5.41) is 2.15. The highest BCUT2D eigenvalue weighted by Crippen LogP contribution is 2.25. The molecule has 0 fully saturated rings. The maximum atomic E-state index is 12.9. The van der Waals surface area contributed by atoms with Gasteiger partial charge in [-0.1, -0.05) is 46.9 Å². The summed E-state index contributed by atoms with van der Waals surface area (Å²) in [7, 11) is 0. The first kappa shape index (κ1) is 29.3. The number of nitrogens with one attached hydrogen (secondary N) is 1. The maximum Gasteiger partial charge on any atom is 0.274 e. The summed E-state index contributed by atoms with van der Waals surface area (Å²) in [6.45, 7) is 5.38. The SMILES string of the molecule is CC(C)(C)N(NC(=O)c1ccccc1Cl)C(=O)c1ccc(Cl)cc1Cl.Cl.Cl.Cl. The van der Waals surface area contributed by atoms with Gasteiger partial charge in [-0.3, -0.25) is 15.0 Å². The van der Waals surface area contributed by atoms with Gasteiger partial charge < -0.3 is 0 Å². The Kier molecular flexibility index (Phi) is 12.5. The number of halogens is 6. The van der Waals surface area contributed by atoms with Crippen LogP contribution in [0.15, 0.2) is 42.5 Å². The first-order valence-corrected chi connectivity index (χ1v) is 8.60. The van der Waals surface area contributed by atoms with E-state index in [9.17, 15) is 9.59 Å². The number of benzene rings is 2. The lowest BCUT2D eigenvalue weighted by Gasteiger charge is -2.35. The second-order valence-corrected chi connectivity index (χ2v) is 7.61. The summed E-state index contributed by atoms with van der Waals surface area (Å²) in [5.41, 5.74) is 2.43. The Hall–Kier alpha value is -0.880. The quantitative estimate of drug-likeness (QED) is 0.471. The Morgan fingerprint density at radius 2 is 1.43 bits per heavy atom. The molecule has 0 heterocycles. The fourth-order valence-corrected chi connectivity index (χ4v) is 2.82. The van der Waals surface area contributed by atoms with Crippen LogP contribution in [-0.4, -0.2) is 22.4 Å². The number of rotatable bonds is 2. The van der Waals surface area contributed by atoms with Crippen LogP contribution in [0, 0.1) is 0 Å². The van der Waals surface area contributed by atoms with Crippen LogP contribution >= 0.6 is 72.0 Å². The van der Waals surface area contributed by atoms with E-state index in [4.69, 9.17) is 34.8 Å². The molecule has 2 amide bonds. The Balaban J connectivity index is 0. The van der Waals surface area contributed by atoms with Crippen molar-refractivity contribution < 1.29 is 9.59 Å². The fourth-order valence-electron chi connectivity index (χ4n) is 2.11. The first-order valence-electron chi connectivity index (χ1n) is 7.46. The third-order valence-corrected chi connectivity index (χ3v) is 4.24. The van der Waals surface area contributed by atoms with Gasteiger partial charge in [0, 0.05) is 5.02 Å². The third-order valence-electron chi connectivity index (χ3n) is 3.37. The molecule has 0 spiro atoms. The van der Waals surface area contributed by atoms with Crippen LogP contribution in [0.25, 0.3) is 0 Å². The topological polar surface area (TPSA) is 49.4 Å². The molecule has 2 rings (SSSR count). The van der Waals surface area contributed by atoms with Gasteiger partial charge >= 0.3 is 0 Å². The number of hydrazine groups is 1. The molecule has 2 aromatic carbocycles. The van der Waals surface area contributed by atoms with E-state index in [1.807, 2.05) is 0 Å². The molecule has 0 saturated heterocycles. The molecule has 10 heteroatoms. The van der Waals surface area contributed by atoms with Gasteiger partial charge in [0.05, 0.1) is 26.7 Å². The lowest BCUT2D eigenvalue weighted by atomic mass is 10.1. The van der Waals surface area contributed by atoms with E-state index in [1.165, 1.54) is 17.1 Å². The van der Waals surface area contributed by atoms with Crippen molar-refractivity contribution in [1.82, 2.24) is 10.4 Å². The first-order chi connectivity index (χ1) is 11.6. The molecule has 0 bridgehead atoms. The number of carbonyl (C=O) groups excluding carboxylic acids is 2. The predicted octanol–water partition coefficient (Wildman–Crippen LogP) is 6.50. The summed E-state index contributed by atoms with van der Waals surface area (Å²) in [4.78, 5) is 25.5. The normalized spacial score (nSPS) is 9.93. The summed E-state index contributed by atoms with van der Waals surface area (Å²) < 4.78 is 0. The van der Waals surface area contributed by atoms with E-state index in [2.05, 4.69) is 5.43 Å². The van der Waals surface area contributed by atoms with E-state index in [0.29, 0.717) is 10.0 Å². The minimum absolute atomic E-state index is 0. The van der Waals surface area contributed by atoms with Crippen molar-refractivity contribution in [2.24, 2.45) is 0 Å². The second kappa shape index (κ2) is 12.0. The molecule has 0 aromatic heterocycles. The molecule has 156 valence electrons. The van der Waals surface area contributed by atoms with Crippen molar-refractivity contribution in [2.75, 3.05) is 0 Å². The van der Waals surface area contributed by atoms with Crippen molar-refractivity contribution in [1.29, 1.82) is 0 Å². The van der Waals surface area contributed by atoms with E-state index < -0.39 is 17.4 Å². The van der Waals surface area contributed by atoms with Crippen molar-refractivity contribution in [3.8, 4) is 0 Å². The van der Waals surface area contributed by atoms with Crippen molar-refractivity contribution in [3.63, 3.8) is 0 Å². The van der Waals surface area contributed by atoms with E-state index in [1.54, 1.807) is 51.1 Å². The van der Waals surface area contributed by atoms with Crippen LogP contribution < -0.4 is 5.43 Å². The molecule has 0 unspecified atom stereocenters. The van der Waals surface area contributed by atoms with E-state index in [0.717, 1.165) is 0 Å². The van der Waals surface area contributed by atoms with Crippen molar-refractivity contribution in [3.05, 3.63) is 68.7 Å². The Morgan fingerprint density at radius 1 is 0.857 bits per heavy atom. The van der Waals surface area contributed by atoms with Gasteiger partial charge in [0.15, 0.2) is 0 Å². The van der Waals surface area contributed by atoms with Gasteiger partial charge in [-0.25, -0.2) is 5.01 Å². The second-order valence-electron chi connectivity index (χ2n) is 6.36. The zero-order valence-corrected chi connectivity index (χ0v) is 19.9. The number of hydrogen-bond donors (Lipinski definition) is 1. The van der Waals surface area contributed by atoms with Gasteiger partial charge in [-0.05, 0) is 51.1 Å². The predicted molar refractivity (Wildman–Crippen MR) is 123 cm³/mol. The lowest BCUT2D eigenvalue weighted by Crippen LogP contribution is -2.56. The fraction of sp³-hybridized carbons (Fsp3) is 0.222. The van der Waals surface area contributed by atoms with Crippen LogP contribution in [0.5, 0.6) is 0 Å². The largest absolute Gasteiger partial charge is 0.274 e. The zero-order valence-electron chi connectivity index (χ0n) is 15.2. The van der Waals surface area contributed by atoms with Gasteiger partial charge in [0.25, 0.3) is 11.8 Å². The van der Waals surface area contributed by atoms with Crippen LogP contribution in [0.2, 0.25) is 15.1 Å². The number of carbonyl (C=O) groups is 2. The molecule has 0 aliphatic carbocycles. The smallest absolute Gasteiger partial charge is 0.267 e. The number of amides is 2. The van der Waals surface area contributed by atoms with Gasteiger partial charge in [-0.2, -0.15) is 0 Å². The van der Waals surface area contributed by atoms with E-state index in [-0.39, 0.29) is 53.4 Å². The Morgan fingerprint density at radius 3 is 1.93 bits per heavy atom. The maximum absolute atomic E-state index is 12.9. The average Bonchev–Trinajstić information content (AvgIpc) is 2.51. The molecule has 4 nitrogen and oxygen atoms in total. The summed E-state index contributed by atoms with van der Waals surface area (Å²) in [5.74, 6) is -0.937. The standard InChI is InChI=1S/C18H17Cl3N2O2.3ClH/c1-18(2,3)23(17(25)13-9-8-11(19)10-15(13)21)22-16(24)12-6-4-5-7-14(12)20;;;/h4-10H,1-3H3,(H,22,24);3*1H.